The number of anilines is 3. The summed E-state index contributed by atoms with van der Waals surface area (Å²) in [6.07, 6.45) is 1.71. The number of amides is 1. The number of hydrogen-bond acceptors (Lipinski definition) is 6. The van der Waals surface area contributed by atoms with Gasteiger partial charge >= 0.3 is 0 Å². The molecule has 1 amide bonds. The largest absolute Gasteiger partial charge is 0.324 e. The Morgan fingerprint density at radius 1 is 0.929 bits per heavy atom. The first-order valence-electron chi connectivity index (χ1n) is 8.68. The van der Waals surface area contributed by atoms with Crippen molar-refractivity contribution in [3.8, 4) is 21.8 Å². The molecule has 0 fully saturated rings. The third kappa shape index (κ3) is 4.05. The van der Waals surface area contributed by atoms with Crippen LogP contribution in [0.4, 0.5) is 16.8 Å². The highest BCUT2D eigenvalue weighted by Gasteiger charge is 2.17. The number of aromatic nitrogens is 3. The predicted molar refractivity (Wildman–Crippen MR) is 113 cm³/mol. The van der Waals surface area contributed by atoms with Crippen LogP contribution in [0, 0.1) is 0 Å². The average molecular weight is 387 g/mol. The molecule has 0 spiro atoms. The van der Waals surface area contributed by atoms with Gasteiger partial charge < -0.3 is 10.6 Å². The quantitative estimate of drug-likeness (QED) is 0.505. The van der Waals surface area contributed by atoms with E-state index in [1.54, 1.807) is 6.20 Å². The van der Waals surface area contributed by atoms with Crippen LogP contribution in [0.5, 0.6) is 0 Å². The Morgan fingerprint density at radius 2 is 1.64 bits per heavy atom. The van der Waals surface area contributed by atoms with Gasteiger partial charge in [-0.1, -0.05) is 59.9 Å². The molecular formula is C21H17N5OS. The first-order valence-corrected chi connectivity index (χ1v) is 9.50. The van der Waals surface area contributed by atoms with Crippen LogP contribution in [0.2, 0.25) is 0 Å². The zero-order valence-electron chi connectivity index (χ0n) is 15.1. The topological polar surface area (TPSA) is 79.8 Å². The van der Waals surface area contributed by atoms with Crippen LogP contribution in [-0.4, -0.2) is 20.9 Å². The first kappa shape index (κ1) is 17.8. The van der Waals surface area contributed by atoms with Crippen LogP contribution in [0.25, 0.3) is 21.8 Å². The van der Waals surface area contributed by atoms with Crippen molar-refractivity contribution in [3.05, 3.63) is 72.9 Å². The molecular weight excluding hydrogens is 370 g/mol. The van der Waals surface area contributed by atoms with Gasteiger partial charge in [0.1, 0.15) is 0 Å². The molecule has 138 valence electrons. The van der Waals surface area contributed by atoms with Crippen molar-refractivity contribution >= 4 is 34.0 Å². The number of benzene rings is 2. The summed E-state index contributed by atoms with van der Waals surface area (Å²) in [6.45, 7) is 1.47. The van der Waals surface area contributed by atoms with Gasteiger partial charge in [0.25, 0.3) is 0 Å². The highest BCUT2D eigenvalue weighted by Crippen LogP contribution is 2.38. The van der Waals surface area contributed by atoms with Gasteiger partial charge in [0.15, 0.2) is 5.13 Å². The zero-order valence-corrected chi connectivity index (χ0v) is 15.9. The van der Waals surface area contributed by atoms with Crippen LogP contribution in [0.15, 0.2) is 72.9 Å². The van der Waals surface area contributed by atoms with Crippen molar-refractivity contribution in [2.24, 2.45) is 0 Å². The fourth-order valence-electron chi connectivity index (χ4n) is 2.69. The van der Waals surface area contributed by atoms with E-state index in [9.17, 15) is 4.79 Å². The van der Waals surface area contributed by atoms with Crippen molar-refractivity contribution in [1.29, 1.82) is 0 Å². The van der Waals surface area contributed by atoms with E-state index in [2.05, 4.69) is 25.6 Å². The molecule has 7 heteroatoms. The average Bonchev–Trinajstić information content (AvgIpc) is 3.13. The molecule has 6 nitrogen and oxygen atoms in total. The second kappa shape index (κ2) is 7.98. The predicted octanol–water partition coefficient (Wildman–Crippen LogP) is 4.97. The molecule has 2 aromatic carbocycles. The molecule has 0 saturated carbocycles. The van der Waals surface area contributed by atoms with Crippen molar-refractivity contribution in [1.82, 2.24) is 15.0 Å². The Morgan fingerprint density at radius 3 is 2.36 bits per heavy atom. The Kier molecular flexibility index (Phi) is 5.07. The number of thiazole rings is 1. The van der Waals surface area contributed by atoms with Gasteiger partial charge in [0.2, 0.25) is 11.9 Å². The molecule has 0 radical (unpaired) electrons. The van der Waals surface area contributed by atoms with Crippen LogP contribution >= 0.6 is 11.3 Å². The fraction of sp³-hybridized carbons (Fsp3) is 0.0476. The summed E-state index contributed by atoms with van der Waals surface area (Å²) in [5, 5.41) is 6.51. The summed E-state index contributed by atoms with van der Waals surface area (Å²) in [5.41, 5.74) is 3.38. The number of hydrogen-bond donors (Lipinski definition) is 2. The van der Waals surface area contributed by atoms with Gasteiger partial charge in [-0.25, -0.2) is 15.0 Å². The summed E-state index contributed by atoms with van der Waals surface area (Å²) in [5.74, 6) is 0.339. The highest BCUT2D eigenvalue weighted by atomic mass is 32.1. The molecule has 0 bridgehead atoms. The summed E-state index contributed by atoms with van der Waals surface area (Å²) in [7, 11) is 0. The maximum atomic E-state index is 11.5. The van der Waals surface area contributed by atoms with Crippen LogP contribution in [0.1, 0.15) is 6.92 Å². The lowest BCUT2D eigenvalue weighted by atomic mass is 10.1. The number of nitrogens with one attached hydrogen (secondary N) is 2. The fourth-order valence-corrected chi connectivity index (χ4v) is 3.69. The third-order valence-corrected chi connectivity index (χ3v) is 4.87. The summed E-state index contributed by atoms with van der Waals surface area (Å²) < 4.78 is 0. The van der Waals surface area contributed by atoms with Crippen molar-refractivity contribution in [2.75, 3.05) is 10.6 Å². The van der Waals surface area contributed by atoms with E-state index in [0.29, 0.717) is 11.1 Å². The minimum absolute atomic E-state index is 0.158. The normalized spacial score (nSPS) is 10.5. The van der Waals surface area contributed by atoms with Crippen LogP contribution < -0.4 is 10.6 Å². The van der Waals surface area contributed by atoms with E-state index in [-0.39, 0.29) is 5.91 Å². The number of nitrogens with zero attached hydrogens (tertiary/aromatic N) is 3. The van der Waals surface area contributed by atoms with Gasteiger partial charge in [-0.2, -0.15) is 0 Å². The van der Waals surface area contributed by atoms with Gasteiger partial charge in [-0.05, 0) is 18.2 Å². The number of carbonyl (C=O) groups excluding carboxylic acids is 1. The van der Waals surface area contributed by atoms with Gasteiger partial charge in [-0.15, -0.1) is 0 Å². The maximum Gasteiger partial charge on any atom is 0.227 e. The number of para-hydroxylation sites is 1. The molecule has 2 N–H and O–H groups in total. The summed E-state index contributed by atoms with van der Waals surface area (Å²) >= 11 is 1.39. The summed E-state index contributed by atoms with van der Waals surface area (Å²) in [6, 6.07) is 21.4. The minimum atomic E-state index is -0.158. The van der Waals surface area contributed by atoms with E-state index in [1.807, 2.05) is 66.7 Å². The lowest BCUT2D eigenvalue weighted by Gasteiger charge is -2.06. The molecule has 4 aromatic rings. The molecule has 0 atom stereocenters. The van der Waals surface area contributed by atoms with E-state index >= 15 is 0 Å². The van der Waals surface area contributed by atoms with Crippen LogP contribution in [0.3, 0.4) is 0 Å². The lowest BCUT2D eigenvalue weighted by molar-refractivity contribution is -0.114. The molecule has 0 saturated heterocycles. The molecule has 4 rings (SSSR count). The minimum Gasteiger partial charge on any atom is -0.324 e. The molecule has 0 aliphatic heterocycles. The van der Waals surface area contributed by atoms with E-state index < -0.39 is 0 Å². The maximum absolute atomic E-state index is 11.5. The van der Waals surface area contributed by atoms with Gasteiger partial charge in [0.05, 0.1) is 16.3 Å². The highest BCUT2D eigenvalue weighted by molar-refractivity contribution is 7.19. The Labute approximate surface area is 166 Å². The van der Waals surface area contributed by atoms with E-state index in [4.69, 9.17) is 0 Å². The van der Waals surface area contributed by atoms with Crippen molar-refractivity contribution in [2.45, 2.75) is 6.92 Å². The second-order valence-corrected chi connectivity index (χ2v) is 7.00. The third-order valence-electron chi connectivity index (χ3n) is 3.88. The van der Waals surface area contributed by atoms with Gasteiger partial charge in [0, 0.05) is 24.4 Å². The zero-order chi connectivity index (χ0) is 19.3. The number of rotatable bonds is 5. The second-order valence-electron chi connectivity index (χ2n) is 6.00. The molecule has 2 aromatic heterocycles. The van der Waals surface area contributed by atoms with Crippen molar-refractivity contribution in [3.63, 3.8) is 0 Å². The Bertz CT molecular complexity index is 1100. The smallest absolute Gasteiger partial charge is 0.227 e. The molecule has 28 heavy (non-hydrogen) atoms. The molecule has 0 aliphatic carbocycles. The standard InChI is InChI=1S/C21H17N5OS/c1-14(27)23-21-26-18(15-8-4-2-5-9-15)19(28-21)17-12-13-22-20(25-17)24-16-10-6-3-7-11-16/h2-13H,1H3,(H,22,24,25)(H,23,26,27). The summed E-state index contributed by atoms with van der Waals surface area (Å²) in [4.78, 5) is 25.9. The van der Waals surface area contributed by atoms with Crippen molar-refractivity contribution < 1.29 is 4.79 Å². The molecule has 2 heterocycles. The van der Waals surface area contributed by atoms with Gasteiger partial charge in [-0.3, -0.25) is 4.79 Å². The van der Waals surface area contributed by atoms with Crippen LogP contribution in [-0.2, 0) is 4.79 Å². The first-order chi connectivity index (χ1) is 13.7. The monoisotopic (exact) mass is 387 g/mol. The van der Waals surface area contributed by atoms with E-state index in [0.717, 1.165) is 27.5 Å². The SMILES string of the molecule is CC(=O)Nc1nc(-c2ccccc2)c(-c2ccnc(Nc3ccccc3)n2)s1. The van der Waals surface area contributed by atoms with E-state index in [1.165, 1.54) is 18.3 Å². The molecule has 0 aliphatic rings. The lowest BCUT2D eigenvalue weighted by Crippen LogP contribution is -2.04. The Hall–Kier alpha value is -3.58. The number of carbonyl (C=O) groups is 1. The Balaban J connectivity index is 1.74. The molecule has 0 unspecified atom stereocenters.